The fourth-order valence-electron chi connectivity index (χ4n) is 6.74. The summed E-state index contributed by atoms with van der Waals surface area (Å²) < 4.78 is 0. The Morgan fingerprint density at radius 3 is 2.63 bits per heavy atom. The van der Waals surface area contributed by atoms with Crippen LogP contribution in [0.5, 0.6) is 0 Å². The zero-order chi connectivity index (χ0) is 19.6. The van der Waals surface area contributed by atoms with E-state index < -0.39 is 0 Å². The van der Waals surface area contributed by atoms with Crippen LogP contribution in [0.15, 0.2) is 23.9 Å². The Hall–Kier alpha value is -1.58. The van der Waals surface area contributed by atoms with Crippen LogP contribution >= 0.6 is 0 Å². The number of nitrogens with one attached hydrogen (secondary N) is 2. The summed E-state index contributed by atoms with van der Waals surface area (Å²) >= 11 is 0. The molecule has 4 aliphatic rings. The number of amides is 2. The molecule has 0 aromatic rings. The van der Waals surface area contributed by atoms with Crippen molar-refractivity contribution in [3.05, 3.63) is 23.9 Å². The van der Waals surface area contributed by atoms with Crippen LogP contribution < -0.4 is 10.6 Å². The molecular weight excluding hydrogens is 336 g/mol. The van der Waals surface area contributed by atoms with Crippen molar-refractivity contribution in [3.8, 4) is 0 Å². The molecule has 0 aromatic carbocycles. The van der Waals surface area contributed by atoms with Gasteiger partial charge in [-0.1, -0.05) is 26.0 Å². The molecule has 0 aromatic heterocycles. The fourth-order valence-corrected chi connectivity index (χ4v) is 6.74. The molecule has 6 atom stereocenters. The highest BCUT2D eigenvalue weighted by Gasteiger charge is 2.59. The van der Waals surface area contributed by atoms with Crippen LogP contribution in [0.3, 0.4) is 0 Å². The molecule has 0 bridgehead atoms. The lowest BCUT2D eigenvalue weighted by molar-refractivity contribution is -0.133. The van der Waals surface area contributed by atoms with Crippen molar-refractivity contribution in [3.63, 3.8) is 0 Å². The van der Waals surface area contributed by atoms with E-state index in [0.717, 1.165) is 37.8 Å². The summed E-state index contributed by atoms with van der Waals surface area (Å²) in [5, 5.41) is 6.32. The SMILES string of the molecule is CC(C)(C)NC(=O)[C@H]1CC[C@@H]2[C@@H]3CC=C4NC(=O)C=C[C@]4(C)[C@@H]3CC[C@]12C. The lowest BCUT2D eigenvalue weighted by Crippen LogP contribution is -2.53. The summed E-state index contributed by atoms with van der Waals surface area (Å²) in [7, 11) is 0. The molecule has 2 N–H and O–H groups in total. The third kappa shape index (κ3) is 2.87. The van der Waals surface area contributed by atoms with Crippen molar-refractivity contribution in [2.45, 2.75) is 72.3 Å². The highest BCUT2D eigenvalue weighted by atomic mass is 16.2. The molecule has 4 rings (SSSR count). The third-order valence-electron chi connectivity index (χ3n) is 8.04. The molecule has 0 radical (unpaired) electrons. The van der Waals surface area contributed by atoms with E-state index in [-0.39, 0.29) is 34.1 Å². The maximum absolute atomic E-state index is 13.0. The molecule has 2 amide bonds. The van der Waals surface area contributed by atoms with Gasteiger partial charge >= 0.3 is 0 Å². The predicted octanol–water partition coefficient (Wildman–Crippen LogP) is 3.94. The minimum absolute atomic E-state index is 0.00222. The van der Waals surface area contributed by atoms with Gasteiger partial charge in [-0.05, 0) is 76.0 Å². The molecule has 4 heteroatoms. The number of carbonyl (C=O) groups excluding carboxylic acids is 2. The van der Waals surface area contributed by atoms with E-state index in [1.54, 1.807) is 6.08 Å². The minimum Gasteiger partial charge on any atom is -0.351 e. The van der Waals surface area contributed by atoms with E-state index in [1.165, 1.54) is 0 Å². The first-order chi connectivity index (χ1) is 12.5. The summed E-state index contributed by atoms with van der Waals surface area (Å²) in [5.41, 5.74) is 0.952. The fraction of sp³-hybridized carbons (Fsp3) is 0.739. The van der Waals surface area contributed by atoms with Crippen molar-refractivity contribution >= 4 is 11.8 Å². The van der Waals surface area contributed by atoms with Crippen LogP contribution in [-0.2, 0) is 9.59 Å². The van der Waals surface area contributed by atoms with Gasteiger partial charge in [-0.15, -0.1) is 0 Å². The molecule has 27 heavy (non-hydrogen) atoms. The molecule has 148 valence electrons. The van der Waals surface area contributed by atoms with Crippen LogP contribution in [0.2, 0.25) is 0 Å². The van der Waals surface area contributed by atoms with Crippen molar-refractivity contribution in [1.29, 1.82) is 0 Å². The van der Waals surface area contributed by atoms with Gasteiger partial charge in [-0.2, -0.15) is 0 Å². The zero-order valence-electron chi connectivity index (χ0n) is 17.4. The topological polar surface area (TPSA) is 58.2 Å². The number of allylic oxidation sites excluding steroid dienone is 2. The second-order valence-electron chi connectivity index (χ2n) is 10.7. The van der Waals surface area contributed by atoms with Crippen molar-refractivity contribution in [2.75, 3.05) is 0 Å². The van der Waals surface area contributed by atoms with Gasteiger partial charge < -0.3 is 10.6 Å². The molecular formula is C23H34N2O2. The van der Waals surface area contributed by atoms with Crippen molar-refractivity contribution in [1.82, 2.24) is 10.6 Å². The molecule has 0 spiro atoms. The molecule has 1 aliphatic heterocycles. The maximum Gasteiger partial charge on any atom is 0.247 e. The van der Waals surface area contributed by atoms with E-state index in [2.05, 4.69) is 57.4 Å². The van der Waals surface area contributed by atoms with Crippen LogP contribution in [-0.4, -0.2) is 17.4 Å². The summed E-state index contributed by atoms with van der Waals surface area (Å²) in [4.78, 5) is 24.8. The van der Waals surface area contributed by atoms with E-state index >= 15 is 0 Å². The first kappa shape index (κ1) is 18.8. The molecule has 4 nitrogen and oxygen atoms in total. The summed E-state index contributed by atoms with van der Waals surface area (Å²) in [6, 6.07) is 0. The summed E-state index contributed by atoms with van der Waals surface area (Å²) in [6.07, 6.45) is 11.5. The Bertz CT molecular complexity index is 731. The van der Waals surface area contributed by atoms with Gasteiger partial charge in [-0.25, -0.2) is 0 Å². The monoisotopic (exact) mass is 370 g/mol. The van der Waals surface area contributed by atoms with Crippen LogP contribution in [0.25, 0.3) is 0 Å². The van der Waals surface area contributed by atoms with E-state index in [1.807, 2.05) is 0 Å². The number of hydrogen-bond acceptors (Lipinski definition) is 2. The van der Waals surface area contributed by atoms with E-state index in [0.29, 0.717) is 17.8 Å². The number of hydrogen-bond donors (Lipinski definition) is 2. The van der Waals surface area contributed by atoms with Crippen molar-refractivity contribution < 1.29 is 9.59 Å². The normalized spacial score (nSPS) is 43.1. The predicted molar refractivity (Wildman–Crippen MR) is 107 cm³/mol. The second-order valence-corrected chi connectivity index (χ2v) is 10.7. The lowest BCUT2D eigenvalue weighted by Gasteiger charge is -2.56. The Balaban J connectivity index is 1.60. The Labute approximate surface area is 163 Å². The largest absolute Gasteiger partial charge is 0.351 e. The number of fused-ring (bicyclic) bond motifs is 5. The maximum atomic E-state index is 13.0. The van der Waals surface area contributed by atoms with Gasteiger partial charge in [0.1, 0.15) is 0 Å². The van der Waals surface area contributed by atoms with Crippen molar-refractivity contribution in [2.24, 2.45) is 34.5 Å². The summed E-state index contributed by atoms with van der Waals surface area (Å²) in [5.74, 6) is 2.11. The lowest BCUT2D eigenvalue weighted by atomic mass is 9.50. The van der Waals surface area contributed by atoms with Gasteiger partial charge in [0.15, 0.2) is 0 Å². The molecule has 2 saturated carbocycles. The molecule has 0 unspecified atom stereocenters. The zero-order valence-corrected chi connectivity index (χ0v) is 17.4. The van der Waals surface area contributed by atoms with Gasteiger partial charge in [0.2, 0.25) is 11.8 Å². The first-order valence-corrected chi connectivity index (χ1v) is 10.6. The minimum atomic E-state index is -0.177. The average Bonchev–Trinajstić information content (AvgIpc) is 2.91. The molecule has 2 fully saturated rings. The molecule has 1 heterocycles. The van der Waals surface area contributed by atoms with Gasteiger partial charge in [0.05, 0.1) is 0 Å². The number of rotatable bonds is 1. The Morgan fingerprint density at radius 2 is 1.93 bits per heavy atom. The third-order valence-corrected chi connectivity index (χ3v) is 8.04. The second kappa shape index (κ2) is 5.96. The average molecular weight is 371 g/mol. The molecule has 0 saturated heterocycles. The van der Waals surface area contributed by atoms with Gasteiger partial charge in [-0.3, -0.25) is 9.59 Å². The highest BCUT2D eigenvalue weighted by molar-refractivity contribution is 5.90. The highest BCUT2D eigenvalue weighted by Crippen LogP contribution is 2.64. The van der Waals surface area contributed by atoms with E-state index in [4.69, 9.17) is 0 Å². The van der Waals surface area contributed by atoms with Crippen LogP contribution in [0, 0.1) is 34.5 Å². The molecule has 3 aliphatic carbocycles. The van der Waals surface area contributed by atoms with Gasteiger partial charge in [0, 0.05) is 28.6 Å². The Morgan fingerprint density at radius 1 is 1.19 bits per heavy atom. The summed E-state index contributed by atoms with van der Waals surface area (Å²) in [6.45, 7) is 10.8. The smallest absolute Gasteiger partial charge is 0.247 e. The van der Waals surface area contributed by atoms with Crippen LogP contribution in [0.4, 0.5) is 0 Å². The number of carbonyl (C=O) groups is 2. The standard InChI is InChI=1S/C23H34N2O2/c1-21(2,3)25-20(27)17-8-7-15-14-6-9-18-23(5,13-11-19(26)24-18)16(14)10-12-22(15,17)4/h9,11,13-17H,6-8,10,12H2,1-5H3,(H,24,26)(H,25,27)/t14-,15+,16+,17+,22-,23+/m0/s1. The first-order valence-electron chi connectivity index (χ1n) is 10.6. The van der Waals surface area contributed by atoms with Crippen LogP contribution in [0.1, 0.15) is 66.7 Å². The Kier molecular flexibility index (Phi) is 4.14. The van der Waals surface area contributed by atoms with E-state index in [9.17, 15) is 9.59 Å². The quantitative estimate of drug-likeness (QED) is 0.734. The van der Waals surface area contributed by atoms with Gasteiger partial charge in [0.25, 0.3) is 0 Å².